The van der Waals surface area contributed by atoms with Crippen molar-refractivity contribution in [2.24, 2.45) is 12.8 Å². The van der Waals surface area contributed by atoms with Gasteiger partial charge in [0.2, 0.25) is 0 Å². The Morgan fingerprint density at radius 1 is 1.12 bits per heavy atom. The van der Waals surface area contributed by atoms with Crippen LogP contribution >= 0.6 is 0 Å². The molecule has 5 heterocycles. The molecule has 4 aromatic heterocycles. The molecule has 1 atom stereocenters. The first kappa shape index (κ1) is 25.8. The molecule has 11 heteroatoms. The molecule has 3 N–H and O–H groups in total. The first-order valence-corrected chi connectivity index (χ1v) is 13.6. The molecule has 6 rings (SSSR count). The fraction of sp³-hybridized carbons (Fsp3) is 0.414. The zero-order valence-corrected chi connectivity index (χ0v) is 22.7. The Hall–Kier alpha value is -4.43. The molecule has 4 aromatic rings. The second kappa shape index (κ2) is 10.3. The van der Waals surface area contributed by atoms with Gasteiger partial charge >= 0.3 is 5.69 Å². The molecule has 1 saturated carbocycles. The average Bonchev–Trinajstić information content (AvgIpc) is 3.70. The number of carbonyl (C=O) groups is 1. The predicted octanol–water partition coefficient (Wildman–Crippen LogP) is 1.34. The molecule has 0 aromatic carbocycles. The van der Waals surface area contributed by atoms with Crippen molar-refractivity contribution < 1.29 is 4.79 Å². The lowest BCUT2D eigenvalue weighted by atomic mass is 10.1. The van der Waals surface area contributed by atoms with Crippen LogP contribution < -0.4 is 27.2 Å². The molecule has 206 valence electrons. The van der Waals surface area contributed by atoms with E-state index in [2.05, 4.69) is 32.0 Å². The van der Waals surface area contributed by atoms with Gasteiger partial charge in [0.15, 0.2) is 0 Å². The lowest BCUT2D eigenvalue weighted by Crippen LogP contribution is -2.44. The van der Waals surface area contributed by atoms with Crippen LogP contribution in [0.1, 0.15) is 48.7 Å². The van der Waals surface area contributed by atoms with Crippen LogP contribution in [0.25, 0.3) is 22.1 Å². The number of aromatic nitrogens is 5. The van der Waals surface area contributed by atoms with Gasteiger partial charge in [-0.15, -0.1) is 5.92 Å². The second-order valence-corrected chi connectivity index (χ2v) is 10.6. The Balaban J connectivity index is 1.60. The maximum Gasteiger partial charge on any atom is 0.331 e. The third-order valence-electron chi connectivity index (χ3n) is 7.66. The van der Waals surface area contributed by atoms with E-state index >= 15 is 0 Å². The van der Waals surface area contributed by atoms with E-state index < -0.39 is 11.2 Å². The number of nitrogens with two attached hydrogens (primary N) is 1. The molecule has 2 fully saturated rings. The summed E-state index contributed by atoms with van der Waals surface area (Å²) in [5, 5.41) is 3.07. The van der Waals surface area contributed by atoms with Gasteiger partial charge < -0.3 is 20.5 Å². The van der Waals surface area contributed by atoms with E-state index in [9.17, 15) is 14.4 Å². The van der Waals surface area contributed by atoms with Crippen LogP contribution in [0.5, 0.6) is 0 Å². The minimum Gasteiger partial charge on any atom is -0.356 e. The van der Waals surface area contributed by atoms with Crippen molar-refractivity contribution in [3.63, 3.8) is 0 Å². The van der Waals surface area contributed by atoms with Gasteiger partial charge in [0, 0.05) is 38.4 Å². The van der Waals surface area contributed by atoms with Gasteiger partial charge in [-0.3, -0.25) is 23.7 Å². The molecule has 1 saturated heterocycles. The van der Waals surface area contributed by atoms with Crippen molar-refractivity contribution in [3.8, 4) is 11.8 Å². The van der Waals surface area contributed by atoms with Gasteiger partial charge in [-0.1, -0.05) is 5.92 Å². The highest BCUT2D eigenvalue weighted by Gasteiger charge is 2.34. The largest absolute Gasteiger partial charge is 0.356 e. The summed E-state index contributed by atoms with van der Waals surface area (Å²) < 4.78 is 4.38. The number of aryl methyl sites for hydroxylation is 1. The van der Waals surface area contributed by atoms with Crippen LogP contribution in [0.2, 0.25) is 0 Å². The minimum atomic E-state index is -0.522. The molecule has 40 heavy (non-hydrogen) atoms. The molecule has 1 aliphatic heterocycles. The standard InChI is InChI=1S/C29H32N8O3/c1-3-4-15-36-25-24(23(26(38)33-19-9-10-19)27(36)35-14-6-7-18(30)16-35)34(2)29(40)37(28(25)39)17-20-11-12-21-22(32-20)8-5-13-31-21/h5,8,11-13,18-19H,6-7,9-10,14-17,30H2,1-2H3,(H,33,38). The van der Waals surface area contributed by atoms with Crippen molar-refractivity contribution >= 4 is 33.8 Å². The summed E-state index contributed by atoms with van der Waals surface area (Å²) in [5.41, 5.74) is 8.20. The van der Waals surface area contributed by atoms with Crippen molar-refractivity contribution in [1.29, 1.82) is 0 Å². The number of fused-ring (bicyclic) bond motifs is 2. The Bertz CT molecular complexity index is 1820. The molecular weight excluding hydrogens is 508 g/mol. The van der Waals surface area contributed by atoms with Gasteiger partial charge in [-0.05, 0) is 56.9 Å². The number of amides is 1. The monoisotopic (exact) mass is 540 g/mol. The van der Waals surface area contributed by atoms with Gasteiger partial charge in [0.1, 0.15) is 16.9 Å². The molecule has 1 aliphatic carbocycles. The van der Waals surface area contributed by atoms with E-state index in [1.54, 1.807) is 36.9 Å². The SMILES string of the molecule is CC#CCn1c(N2CCCC(N)C2)c(C(=O)NC2CC2)c2c1c(=O)n(Cc1ccc3ncccc3n1)c(=O)n2C. The maximum atomic E-state index is 14.2. The number of rotatable bonds is 6. The molecule has 0 spiro atoms. The van der Waals surface area contributed by atoms with Crippen LogP contribution in [-0.4, -0.2) is 54.7 Å². The summed E-state index contributed by atoms with van der Waals surface area (Å²) in [6.07, 6.45) is 5.26. The molecule has 0 radical (unpaired) electrons. The number of nitrogens with one attached hydrogen (secondary N) is 1. The summed E-state index contributed by atoms with van der Waals surface area (Å²) in [4.78, 5) is 52.7. The second-order valence-electron chi connectivity index (χ2n) is 10.6. The Morgan fingerprint density at radius 2 is 1.95 bits per heavy atom. The van der Waals surface area contributed by atoms with E-state index in [1.807, 2.05) is 12.1 Å². The number of anilines is 1. The zero-order chi connectivity index (χ0) is 28.0. The zero-order valence-electron chi connectivity index (χ0n) is 22.7. The summed E-state index contributed by atoms with van der Waals surface area (Å²) in [5.74, 6) is 6.28. The average molecular weight is 541 g/mol. The van der Waals surface area contributed by atoms with E-state index in [0.29, 0.717) is 41.2 Å². The number of nitrogens with zero attached hydrogens (tertiary/aromatic N) is 6. The van der Waals surface area contributed by atoms with Crippen molar-refractivity contribution in [1.82, 2.24) is 29.0 Å². The number of hydrogen-bond acceptors (Lipinski definition) is 7. The first-order chi connectivity index (χ1) is 19.4. The highest BCUT2D eigenvalue weighted by Crippen LogP contribution is 2.33. The summed E-state index contributed by atoms with van der Waals surface area (Å²) in [6.45, 7) is 3.13. The van der Waals surface area contributed by atoms with Gasteiger partial charge in [0.05, 0.1) is 35.3 Å². The minimum absolute atomic E-state index is 0.0234. The van der Waals surface area contributed by atoms with Gasteiger partial charge in [-0.2, -0.15) is 0 Å². The van der Waals surface area contributed by atoms with Gasteiger partial charge in [-0.25, -0.2) is 9.78 Å². The Kier molecular flexibility index (Phi) is 6.64. The molecule has 0 bridgehead atoms. The molecule has 1 amide bonds. The summed E-state index contributed by atoms with van der Waals surface area (Å²) >= 11 is 0. The van der Waals surface area contributed by atoms with Crippen LogP contribution in [0, 0.1) is 11.8 Å². The number of pyridine rings is 2. The maximum absolute atomic E-state index is 14.2. The topological polar surface area (TPSA) is 133 Å². The lowest BCUT2D eigenvalue weighted by molar-refractivity contribution is 0.0952. The van der Waals surface area contributed by atoms with E-state index in [-0.39, 0.29) is 36.6 Å². The van der Waals surface area contributed by atoms with Gasteiger partial charge in [0.25, 0.3) is 11.5 Å². The quantitative estimate of drug-likeness (QED) is 0.353. The fourth-order valence-electron chi connectivity index (χ4n) is 5.55. The summed E-state index contributed by atoms with van der Waals surface area (Å²) in [6, 6.07) is 7.26. The third kappa shape index (κ3) is 4.54. The smallest absolute Gasteiger partial charge is 0.331 e. The Labute approximate surface area is 230 Å². The van der Waals surface area contributed by atoms with E-state index in [0.717, 1.165) is 31.2 Å². The van der Waals surface area contributed by atoms with Crippen molar-refractivity contribution in [2.45, 2.75) is 57.8 Å². The van der Waals surface area contributed by atoms with Crippen LogP contribution in [0.15, 0.2) is 40.1 Å². The van der Waals surface area contributed by atoms with E-state index in [4.69, 9.17) is 5.73 Å². The Morgan fingerprint density at radius 3 is 2.70 bits per heavy atom. The number of piperidine rings is 1. The predicted molar refractivity (Wildman–Crippen MR) is 153 cm³/mol. The van der Waals surface area contributed by atoms with Crippen LogP contribution in [0.4, 0.5) is 5.82 Å². The lowest BCUT2D eigenvalue weighted by Gasteiger charge is -2.33. The molecule has 11 nitrogen and oxygen atoms in total. The molecule has 2 aliphatic rings. The fourth-order valence-corrected chi connectivity index (χ4v) is 5.55. The van der Waals surface area contributed by atoms with Crippen LogP contribution in [-0.2, 0) is 20.1 Å². The highest BCUT2D eigenvalue weighted by molar-refractivity contribution is 6.11. The molecular formula is C29H32N8O3. The number of hydrogen-bond donors (Lipinski definition) is 2. The summed E-state index contributed by atoms with van der Waals surface area (Å²) in [7, 11) is 1.60. The van der Waals surface area contributed by atoms with E-state index in [1.165, 1.54) is 9.13 Å². The molecule has 1 unspecified atom stereocenters. The van der Waals surface area contributed by atoms with Crippen molar-refractivity contribution in [3.05, 3.63) is 62.6 Å². The third-order valence-corrected chi connectivity index (χ3v) is 7.66. The van der Waals surface area contributed by atoms with Crippen LogP contribution in [0.3, 0.4) is 0 Å². The highest BCUT2D eigenvalue weighted by atomic mass is 16.2. The normalized spacial score (nSPS) is 17.2. The first-order valence-electron chi connectivity index (χ1n) is 13.6. The van der Waals surface area contributed by atoms with Crippen molar-refractivity contribution in [2.75, 3.05) is 18.0 Å². The number of carbonyl (C=O) groups excluding carboxylic acids is 1.